The molecule has 0 fully saturated rings. The first-order valence-corrected chi connectivity index (χ1v) is 10.1. The third-order valence-electron chi connectivity index (χ3n) is 5.04. The van der Waals surface area contributed by atoms with Crippen LogP contribution >= 0.6 is 23.2 Å². The zero-order valence-corrected chi connectivity index (χ0v) is 18.0. The number of hydrogen-bond donors (Lipinski definition) is 2. The van der Waals surface area contributed by atoms with Crippen molar-refractivity contribution in [2.45, 2.75) is 24.7 Å². The molecule has 32 heavy (non-hydrogen) atoms. The predicted molar refractivity (Wildman–Crippen MR) is 114 cm³/mol. The summed E-state index contributed by atoms with van der Waals surface area (Å²) in [5, 5.41) is 9.13. The van der Waals surface area contributed by atoms with Crippen LogP contribution in [0.25, 0.3) is 0 Å². The van der Waals surface area contributed by atoms with Gasteiger partial charge in [0.2, 0.25) is 0 Å². The van der Waals surface area contributed by atoms with Crippen molar-refractivity contribution >= 4 is 40.6 Å². The standard InChI is InChI=1S/C20H16Cl2F3N5O2/c1-32-11-6-4-10(5-7-11)13-9-14(20(23,24)25)30-18(27-13)15(21)16(29-30)19(31)28-12-3-2-8-26-17(12)22/h2-8,13-14,27H,9H2,1H3,(H,28,31)/t13-,14+/m1/s1. The summed E-state index contributed by atoms with van der Waals surface area (Å²) in [7, 11) is 1.50. The number of amides is 1. The molecule has 7 nitrogen and oxygen atoms in total. The number of fused-ring (bicyclic) bond motifs is 1. The molecule has 12 heteroatoms. The molecule has 0 radical (unpaired) electrons. The molecule has 2 atom stereocenters. The number of carbonyl (C=O) groups is 1. The van der Waals surface area contributed by atoms with Crippen molar-refractivity contribution in [3.63, 3.8) is 0 Å². The molecule has 0 spiro atoms. The molecule has 168 valence electrons. The monoisotopic (exact) mass is 485 g/mol. The average molecular weight is 486 g/mol. The van der Waals surface area contributed by atoms with Crippen molar-refractivity contribution in [1.29, 1.82) is 0 Å². The number of nitrogens with one attached hydrogen (secondary N) is 2. The summed E-state index contributed by atoms with van der Waals surface area (Å²) in [6.07, 6.45) is -3.52. The molecule has 0 unspecified atom stereocenters. The smallest absolute Gasteiger partial charge is 0.410 e. The number of rotatable bonds is 4. The zero-order chi connectivity index (χ0) is 23.0. The number of nitrogens with zero attached hydrogens (tertiary/aromatic N) is 3. The second-order valence-electron chi connectivity index (χ2n) is 7.01. The fourth-order valence-electron chi connectivity index (χ4n) is 3.45. The van der Waals surface area contributed by atoms with Gasteiger partial charge in [0.05, 0.1) is 18.8 Å². The number of aromatic nitrogens is 3. The maximum absolute atomic E-state index is 13.9. The predicted octanol–water partition coefficient (Wildman–Crippen LogP) is 5.51. The van der Waals surface area contributed by atoms with Gasteiger partial charge in [-0.2, -0.15) is 18.3 Å². The van der Waals surface area contributed by atoms with E-state index in [0.29, 0.717) is 16.0 Å². The van der Waals surface area contributed by atoms with Crippen LogP contribution in [0.5, 0.6) is 5.75 Å². The first-order valence-electron chi connectivity index (χ1n) is 9.36. The molecule has 0 bridgehead atoms. The fourth-order valence-corrected chi connectivity index (χ4v) is 3.88. The molecule has 0 saturated carbocycles. The van der Waals surface area contributed by atoms with Crippen LogP contribution in [0.2, 0.25) is 10.2 Å². The van der Waals surface area contributed by atoms with E-state index in [1.54, 1.807) is 30.3 Å². The summed E-state index contributed by atoms with van der Waals surface area (Å²) in [4.78, 5) is 16.5. The Morgan fingerprint density at radius 1 is 1.25 bits per heavy atom. The quantitative estimate of drug-likeness (QED) is 0.476. The van der Waals surface area contributed by atoms with Gasteiger partial charge >= 0.3 is 6.18 Å². The van der Waals surface area contributed by atoms with Crippen LogP contribution in [0.1, 0.15) is 34.6 Å². The van der Waals surface area contributed by atoms with Gasteiger partial charge in [0.15, 0.2) is 16.9 Å². The van der Waals surface area contributed by atoms with Gasteiger partial charge in [0.25, 0.3) is 5.91 Å². The van der Waals surface area contributed by atoms with E-state index >= 15 is 0 Å². The molecule has 0 saturated heterocycles. The molecule has 2 N–H and O–H groups in total. The van der Waals surface area contributed by atoms with Crippen LogP contribution in [0, 0.1) is 0 Å². The van der Waals surface area contributed by atoms with Crippen molar-refractivity contribution in [3.8, 4) is 5.75 Å². The zero-order valence-electron chi connectivity index (χ0n) is 16.5. The Balaban J connectivity index is 1.69. The molecule has 2 aromatic heterocycles. The van der Waals surface area contributed by atoms with Crippen molar-refractivity contribution in [2.24, 2.45) is 0 Å². The Morgan fingerprint density at radius 2 is 1.97 bits per heavy atom. The Labute approximate surface area is 190 Å². The molecule has 1 aromatic carbocycles. The summed E-state index contributed by atoms with van der Waals surface area (Å²) in [5.41, 5.74) is 0.424. The lowest BCUT2D eigenvalue weighted by molar-refractivity contribution is -0.173. The Hall–Kier alpha value is -2.98. The second kappa shape index (κ2) is 8.51. The SMILES string of the molecule is COc1ccc([C@H]2C[C@@H](C(F)(F)F)n3nc(C(=O)Nc4cccnc4Cl)c(Cl)c3N2)cc1. The number of alkyl halides is 3. The van der Waals surface area contributed by atoms with Crippen molar-refractivity contribution in [2.75, 3.05) is 17.7 Å². The van der Waals surface area contributed by atoms with Crippen LogP contribution < -0.4 is 15.4 Å². The summed E-state index contributed by atoms with van der Waals surface area (Å²) in [6.45, 7) is 0. The highest BCUT2D eigenvalue weighted by Gasteiger charge is 2.47. The van der Waals surface area contributed by atoms with Gasteiger partial charge in [0, 0.05) is 12.6 Å². The number of carbonyl (C=O) groups excluding carboxylic acids is 1. The number of pyridine rings is 1. The van der Waals surface area contributed by atoms with Crippen LogP contribution in [0.3, 0.4) is 0 Å². The maximum Gasteiger partial charge on any atom is 0.410 e. The molecule has 0 aliphatic carbocycles. The normalized spacial score (nSPS) is 17.9. The summed E-state index contributed by atoms with van der Waals surface area (Å²) < 4.78 is 47.5. The van der Waals surface area contributed by atoms with Crippen LogP contribution in [0.15, 0.2) is 42.6 Å². The van der Waals surface area contributed by atoms with E-state index in [1.165, 1.54) is 19.4 Å². The highest BCUT2D eigenvalue weighted by Crippen LogP contribution is 2.46. The topological polar surface area (TPSA) is 81.1 Å². The van der Waals surface area contributed by atoms with Crippen molar-refractivity contribution in [3.05, 3.63) is 64.0 Å². The number of hydrogen-bond acceptors (Lipinski definition) is 5. The first kappa shape index (κ1) is 22.2. The Kier molecular flexibility index (Phi) is 5.91. The molecule has 4 rings (SSSR count). The van der Waals surface area contributed by atoms with E-state index in [4.69, 9.17) is 27.9 Å². The molecule has 3 aromatic rings. The van der Waals surface area contributed by atoms with E-state index in [1.807, 2.05) is 0 Å². The van der Waals surface area contributed by atoms with E-state index in [9.17, 15) is 18.0 Å². The molecule has 1 aliphatic rings. The minimum absolute atomic E-state index is 0.0202. The highest BCUT2D eigenvalue weighted by atomic mass is 35.5. The molecular weight excluding hydrogens is 470 g/mol. The van der Waals surface area contributed by atoms with E-state index in [0.717, 1.165) is 0 Å². The van der Waals surface area contributed by atoms with E-state index < -0.39 is 24.2 Å². The maximum atomic E-state index is 13.9. The van der Waals surface area contributed by atoms with Crippen LogP contribution in [-0.2, 0) is 0 Å². The van der Waals surface area contributed by atoms with Crippen LogP contribution in [-0.4, -0.2) is 34.0 Å². The highest BCUT2D eigenvalue weighted by molar-refractivity contribution is 6.37. The summed E-state index contributed by atoms with van der Waals surface area (Å²) in [5.74, 6) is -0.327. The van der Waals surface area contributed by atoms with Gasteiger partial charge in [-0.1, -0.05) is 35.3 Å². The molecule has 1 amide bonds. The van der Waals surface area contributed by atoms with E-state index in [-0.39, 0.29) is 33.8 Å². The van der Waals surface area contributed by atoms with Gasteiger partial charge < -0.3 is 15.4 Å². The minimum atomic E-state index is -4.61. The Morgan fingerprint density at radius 3 is 2.59 bits per heavy atom. The molecule has 1 aliphatic heterocycles. The van der Waals surface area contributed by atoms with Gasteiger partial charge in [-0.25, -0.2) is 9.67 Å². The minimum Gasteiger partial charge on any atom is -0.497 e. The van der Waals surface area contributed by atoms with Crippen molar-refractivity contribution in [1.82, 2.24) is 14.8 Å². The number of anilines is 2. The average Bonchev–Trinajstić information content (AvgIpc) is 3.10. The van der Waals surface area contributed by atoms with Gasteiger partial charge in [0.1, 0.15) is 16.6 Å². The summed E-state index contributed by atoms with van der Waals surface area (Å²) in [6, 6.07) is 7.00. The third-order valence-corrected chi connectivity index (χ3v) is 5.70. The first-order chi connectivity index (χ1) is 15.2. The number of benzene rings is 1. The van der Waals surface area contributed by atoms with Gasteiger partial charge in [-0.3, -0.25) is 4.79 Å². The lowest BCUT2D eigenvalue weighted by Gasteiger charge is -2.33. The summed E-state index contributed by atoms with van der Waals surface area (Å²) >= 11 is 12.3. The largest absolute Gasteiger partial charge is 0.497 e. The number of halogens is 5. The van der Waals surface area contributed by atoms with Gasteiger partial charge in [-0.05, 0) is 29.8 Å². The molecule has 3 heterocycles. The fraction of sp³-hybridized carbons (Fsp3) is 0.250. The van der Waals surface area contributed by atoms with Gasteiger partial charge in [-0.15, -0.1) is 0 Å². The number of ether oxygens (including phenoxy) is 1. The van der Waals surface area contributed by atoms with E-state index in [2.05, 4.69) is 20.7 Å². The lowest BCUT2D eigenvalue weighted by Crippen LogP contribution is -2.35. The molecular formula is C20H16Cl2F3N5O2. The lowest BCUT2D eigenvalue weighted by atomic mass is 9.97. The van der Waals surface area contributed by atoms with Crippen LogP contribution in [0.4, 0.5) is 24.7 Å². The second-order valence-corrected chi connectivity index (χ2v) is 7.75. The third kappa shape index (κ3) is 4.20. The Bertz CT molecular complexity index is 1150. The number of methoxy groups -OCH3 is 1. The van der Waals surface area contributed by atoms with Crippen molar-refractivity contribution < 1.29 is 22.7 Å².